The molecule has 0 spiro atoms. The summed E-state index contributed by atoms with van der Waals surface area (Å²) in [7, 11) is 1.60. The fourth-order valence-electron chi connectivity index (χ4n) is 2.22. The summed E-state index contributed by atoms with van der Waals surface area (Å²) >= 11 is 0. The molecule has 4 N–H and O–H groups in total. The van der Waals surface area contributed by atoms with E-state index in [0.717, 1.165) is 5.56 Å². The van der Waals surface area contributed by atoms with Crippen LogP contribution in [0.2, 0.25) is 0 Å². The van der Waals surface area contributed by atoms with Crippen LogP contribution in [-0.2, 0) is 24.4 Å². The molecule has 1 heterocycles. The Labute approximate surface area is 159 Å². The maximum atomic E-state index is 12.1. The summed E-state index contributed by atoms with van der Waals surface area (Å²) in [6.07, 6.45) is -4.33. The number of primary amides is 1. The summed E-state index contributed by atoms with van der Waals surface area (Å²) in [6, 6.07) is 10.1. The van der Waals surface area contributed by atoms with E-state index in [0.29, 0.717) is 30.4 Å². The number of rotatable bonds is 8. The maximum Gasteiger partial charge on any atom is 0.411 e. The number of nitrogens with one attached hydrogen (secondary N) is 2. The lowest BCUT2D eigenvalue weighted by atomic mass is 10.1. The Hall–Kier alpha value is -3.01. The van der Waals surface area contributed by atoms with E-state index in [9.17, 15) is 18.0 Å². The molecule has 0 aliphatic carbocycles. The molecule has 0 fully saturated rings. The zero-order chi connectivity index (χ0) is 20.6. The minimum Gasteiger partial charge on any atom is -0.454 e. The molecule has 0 aliphatic heterocycles. The molecule has 0 unspecified atom stereocenters. The van der Waals surface area contributed by atoms with Crippen LogP contribution >= 0.6 is 0 Å². The van der Waals surface area contributed by atoms with Gasteiger partial charge in [0.25, 0.3) is 5.91 Å². The molecule has 10 heteroatoms. The SMILES string of the molecule is CN=C(NCc1ccc(COCC(F)(F)F)cc1)NCc1ccc(C(N)=O)o1. The zero-order valence-electron chi connectivity index (χ0n) is 15.2. The van der Waals surface area contributed by atoms with E-state index in [1.807, 2.05) is 0 Å². The number of carbonyl (C=O) groups excluding carboxylic acids is 1. The fraction of sp³-hybridized carbons (Fsp3) is 0.333. The number of nitrogens with two attached hydrogens (primary N) is 1. The van der Waals surface area contributed by atoms with Crippen molar-refractivity contribution in [3.8, 4) is 0 Å². The molecule has 0 radical (unpaired) electrons. The number of alkyl halides is 3. The van der Waals surface area contributed by atoms with Crippen molar-refractivity contribution in [1.29, 1.82) is 0 Å². The molecule has 28 heavy (non-hydrogen) atoms. The highest BCUT2D eigenvalue weighted by molar-refractivity contribution is 5.89. The highest BCUT2D eigenvalue weighted by Gasteiger charge is 2.27. The lowest BCUT2D eigenvalue weighted by molar-refractivity contribution is -0.176. The third-order valence-electron chi connectivity index (χ3n) is 3.58. The smallest absolute Gasteiger partial charge is 0.411 e. The van der Waals surface area contributed by atoms with Gasteiger partial charge < -0.3 is 25.5 Å². The number of benzene rings is 1. The van der Waals surface area contributed by atoms with Gasteiger partial charge in [-0.25, -0.2) is 0 Å². The predicted octanol–water partition coefficient (Wildman–Crippen LogP) is 2.32. The highest BCUT2D eigenvalue weighted by atomic mass is 19.4. The Kier molecular flexibility index (Phi) is 7.44. The van der Waals surface area contributed by atoms with Crippen molar-refractivity contribution in [3.63, 3.8) is 0 Å². The summed E-state index contributed by atoms with van der Waals surface area (Å²) in [5.74, 6) is 0.481. The van der Waals surface area contributed by atoms with E-state index in [1.54, 1.807) is 37.4 Å². The first-order valence-electron chi connectivity index (χ1n) is 8.32. The van der Waals surface area contributed by atoms with Gasteiger partial charge in [0.2, 0.25) is 0 Å². The minimum absolute atomic E-state index is 0.0825. The van der Waals surface area contributed by atoms with Gasteiger partial charge in [0.15, 0.2) is 11.7 Å². The quantitative estimate of drug-likeness (QED) is 0.468. The minimum atomic E-state index is -4.33. The second-order valence-electron chi connectivity index (χ2n) is 5.83. The lowest BCUT2D eigenvalue weighted by Gasteiger charge is -2.12. The van der Waals surface area contributed by atoms with Gasteiger partial charge in [-0.15, -0.1) is 0 Å². The van der Waals surface area contributed by atoms with Gasteiger partial charge in [-0.3, -0.25) is 9.79 Å². The van der Waals surface area contributed by atoms with Crippen LogP contribution in [0.3, 0.4) is 0 Å². The number of hydrogen-bond donors (Lipinski definition) is 3. The zero-order valence-corrected chi connectivity index (χ0v) is 15.2. The normalized spacial score (nSPS) is 12.1. The number of nitrogens with zero attached hydrogens (tertiary/aromatic N) is 1. The molecule has 0 saturated heterocycles. The Morgan fingerprint density at radius 1 is 1.11 bits per heavy atom. The average molecular weight is 398 g/mol. The largest absolute Gasteiger partial charge is 0.454 e. The number of amides is 1. The molecule has 1 aromatic heterocycles. The van der Waals surface area contributed by atoms with E-state index in [4.69, 9.17) is 10.2 Å². The van der Waals surface area contributed by atoms with Crippen LogP contribution < -0.4 is 16.4 Å². The monoisotopic (exact) mass is 398 g/mol. The molecular weight excluding hydrogens is 377 g/mol. The van der Waals surface area contributed by atoms with Crippen molar-refractivity contribution in [2.45, 2.75) is 25.9 Å². The van der Waals surface area contributed by atoms with Crippen LogP contribution in [0.1, 0.15) is 27.4 Å². The van der Waals surface area contributed by atoms with Gasteiger partial charge >= 0.3 is 6.18 Å². The number of halogens is 3. The summed E-state index contributed by atoms with van der Waals surface area (Å²) in [5.41, 5.74) is 6.70. The second kappa shape index (κ2) is 9.79. The van der Waals surface area contributed by atoms with Crippen LogP contribution in [0.15, 0.2) is 45.8 Å². The van der Waals surface area contributed by atoms with Crippen molar-refractivity contribution < 1.29 is 27.1 Å². The lowest BCUT2D eigenvalue weighted by Crippen LogP contribution is -2.36. The molecule has 7 nitrogen and oxygen atoms in total. The van der Waals surface area contributed by atoms with Crippen molar-refractivity contribution in [1.82, 2.24) is 10.6 Å². The van der Waals surface area contributed by atoms with E-state index < -0.39 is 18.7 Å². The Morgan fingerprint density at radius 3 is 2.32 bits per heavy atom. The Morgan fingerprint density at radius 2 is 1.75 bits per heavy atom. The highest BCUT2D eigenvalue weighted by Crippen LogP contribution is 2.15. The van der Waals surface area contributed by atoms with Crippen LogP contribution in [0.5, 0.6) is 0 Å². The molecule has 0 atom stereocenters. The van der Waals surface area contributed by atoms with Crippen LogP contribution in [0.4, 0.5) is 13.2 Å². The van der Waals surface area contributed by atoms with Crippen LogP contribution in [0, 0.1) is 0 Å². The first-order chi connectivity index (χ1) is 13.3. The summed E-state index contributed by atoms with van der Waals surface area (Å²) in [4.78, 5) is 15.1. The van der Waals surface area contributed by atoms with Crippen LogP contribution in [-0.4, -0.2) is 31.7 Å². The summed E-state index contributed by atoms with van der Waals surface area (Å²) < 4.78 is 46.1. The Bertz CT molecular complexity index is 801. The van der Waals surface area contributed by atoms with Crippen molar-refractivity contribution >= 4 is 11.9 Å². The van der Waals surface area contributed by atoms with Crippen molar-refractivity contribution in [2.75, 3.05) is 13.7 Å². The van der Waals surface area contributed by atoms with Gasteiger partial charge in [0.1, 0.15) is 12.4 Å². The van der Waals surface area contributed by atoms with Crippen molar-refractivity contribution in [3.05, 3.63) is 59.0 Å². The number of furan rings is 1. The molecule has 0 saturated carbocycles. The van der Waals surface area contributed by atoms with E-state index in [2.05, 4.69) is 20.4 Å². The van der Waals surface area contributed by atoms with Crippen molar-refractivity contribution in [2.24, 2.45) is 10.7 Å². The molecular formula is C18H21F3N4O3. The number of guanidine groups is 1. The standard InChI is InChI=1S/C18H21F3N4O3/c1-23-17(25-9-14-6-7-15(28-14)16(22)26)24-8-12-2-4-13(5-3-12)10-27-11-18(19,20)21/h2-7H,8-11H2,1H3,(H2,22,26)(H2,23,24,25). The maximum absolute atomic E-state index is 12.1. The van der Waals surface area contributed by atoms with Crippen LogP contribution in [0.25, 0.3) is 0 Å². The number of carbonyl (C=O) groups is 1. The first-order valence-corrected chi connectivity index (χ1v) is 8.32. The van der Waals surface area contributed by atoms with E-state index in [1.165, 1.54) is 6.07 Å². The van der Waals surface area contributed by atoms with Gasteiger partial charge in [0, 0.05) is 13.6 Å². The third kappa shape index (κ3) is 7.31. The van der Waals surface area contributed by atoms with Gasteiger partial charge in [-0.05, 0) is 23.3 Å². The molecule has 152 valence electrons. The second-order valence-corrected chi connectivity index (χ2v) is 5.83. The van der Waals surface area contributed by atoms with Gasteiger partial charge in [-0.1, -0.05) is 24.3 Å². The fourth-order valence-corrected chi connectivity index (χ4v) is 2.22. The third-order valence-corrected chi connectivity index (χ3v) is 3.58. The Balaban J connectivity index is 1.77. The molecule has 1 amide bonds. The average Bonchev–Trinajstić information content (AvgIpc) is 3.11. The summed E-state index contributed by atoms with van der Waals surface area (Å²) in [6.45, 7) is -0.613. The molecule has 2 rings (SSSR count). The molecule has 0 bridgehead atoms. The molecule has 2 aromatic rings. The topological polar surface area (TPSA) is 102 Å². The van der Waals surface area contributed by atoms with Gasteiger partial charge in [-0.2, -0.15) is 13.2 Å². The van der Waals surface area contributed by atoms with E-state index >= 15 is 0 Å². The molecule has 1 aromatic carbocycles. The van der Waals surface area contributed by atoms with Gasteiger partial charge in [0.05, 0.1) is 13.2 Å². The number of aliphatic imine (C=N–C) groups is 1. The first kappa shape index (κ1) is 21.3. The van der Waals surface area contributed by atoms with E-state index in [-0.39, 0.29) is 12.4 Å². The summed E-state index contributed by atoms with van der Waals surface area (Å²) in [5, 5.41) is 6.12. The predicted molar refractivity (Wildman–Crippen MR) is 96.4 cm³/mol. The number of ether oxygens (including phenoxy) is 1. The number of hydrogen-bond acceptors (Lipinski definition) is 4. The molecule has 0 aliphatic rings.